The maximum atomic E-state index is 12.7. The van der Waals surface area contributed by atoms with E-state index in [2.05, 4.69) is 0 Å². The molecule has 31 heavy (non-hydrogen) atoms. The molecule has 0 N–H and O–H groups in total. The Kier molecular flexibility index (Phi) is 5.55. The van der Waals surface area contributed by atoms with Gasteiger partial charge in [0, 0.05) is 5.56 Å². The lowest BCUT2D eigenvalue weighted by Crippen LogP contribution is -2.30. The average molecular weight is 417 g/mol. The largest absolute Gasteiger partial charge is 0.454 e. The Morgan fingerprint density at radius 2 is 1.45 bits per heavy atom. The summed E-state index contributed by atoms with van der Waals surface area (Å²) < 4.78 is 5.15. The molecule has 1 fully saturated rings. The number of aryl methyl sites for hydroxylation is 2. The monoisotopic (exact) mass is 417 g/mol. The number of amides is 2. The van der Waals surface area contributed by atoms with Crippen molar-refractivity contribution in [2.45, 2.75) is 26.7 Å². The van der Waals surface area contributed by atoms with Crippen molar-refractivity contribution in [1.82, 2.24) is 0 Å². The van der Waals surface area contributed by atoms with Crippen molar-refractivity contribution in [2.75, 3.05) is 11.5 Å². The number of rotatable bonds is 5. The summed E-state index contributed by atoms with van der Waals surface area (Å²) in [6.07, 6.45) is 5.03. The Hall–Kier alpha value is -3.54. The summed E-state index contributed by atoms with van der Waals surface area (Å²) in [6.45, 7) is 3.52. The Balaban J connectivity index is 1.40. The molecule has 0 spiro atoms. The van der Waals surface area contributed by atoms with Crippen molar-refractivity contribution in [2.24, 2.45) is 11.8 Å². The van der Waals surface area contributed by atoms with E-state index in [1.807, 2.05) is 32.1 Å². The van der Waals surface area contributed by atoms with Crippen LogP contribution < -0.4 is 4.90 Å². The Labute approximate surface area is 180 Å². The average Bonchev–Trinajstić information content (AvgIpc) is 3.04. The van der Waals surface area contributed by atoms with Crippen LogP contribution >= 0.6 is 0 Å². The van der Waals surface area contributed by atoms with Crippen LogP contribution in [-0.4, -0.2) is 30.2 Å². The minimum atomic E-state index is -0.638. The second kappa shape index (κ2) is 8.30. The van der Waals surface area contributed by atoms with Crippen molar-refractivity contribution in [3.8, 4) is 0 Å². The molecule has 2 aromatic rings. The zero-order valence-corrected chi connectivity index (χ0v) is 17.5. The summed E-state index contributed by atoms with van der Waals surface area (Å²) in [5.41, 5.74) is 3.25. The minimum Gasteiger partial charge on any atom is -0.454 e. The third-order valence-electron chi connectivity index (χ3n) is 6.03. The number of anilines is 1. The molecule has 1 aliphatic heterocycles. The molecule has 4 rings (SSSR count). The lowest BCUT2D eigenvalue weighted by molar-refractivity contribution is -0.122. The molecule has 0 unspecified atom stereocenters. The van der Waals surface area contributed by atoms with E-state index in [1.54, 1.807) is 24.3 Å². The van der Waals surface area contributed by atoms with Gasteiger partial charge in [-0.1, -0.05) is 24.3 Å². The molecule has 1 saturated heterocycles. The number of fused-ring (bicyclic) bond motifs is 1. The van der Waals surface area contributed by atoms with Crippen LogP contribution in [0.25, 0.3) is 0 Å². The van der Waals surface area contributed by atoms with Gasteiger partial charge in [-0.2, -0.15) is 0 Å². The molecular weight excluding hydrogens is 394 g/mol. The first kappa shape index (κ1) is 20.7. The van der Waals surface area contributed by atoms with E-state index in [0.717, 1.165) is 11.1 Å². The fraction of sp³-hybridized carbons (Fsp3) is 0.280. The summed E-state index contributed by atoms with van der Waals surface area (Å²) in [4.78, 5) is 51.2. The van der Waals surface area contributed by atoms with Gasteiger partial charge in [-0.3, -0.25) is 19.3 Å². The zero-order chi connectivity index (χ0) is 22.1. The number of carbonyl (C=O) groups is 4. The topological polar surface area (TPSA) is 80.8 Å². The molecule has 2 aromatic carbocycles. The first-order chi connectivity index (χ1) is 14.9. The molecule has 2 aliphatic rings. The predicted molar refractivity (Wildman–Crippen MR) is 115 cm³/mol. The van der Waals surface area contributed by atoms with Gasteiger partial charge in [0.1, 0.15) is 0 Å². The second-order valence-electron chi connectivity index (χ2n) is 8.01. The van der Waals surface area contributed by atoms with Gasteiger partial charge < -0.3 is 4.74 Å². The van der Waals surface area contributed by atoms with Gasteiger partial charge >= 0.3 is 5.97 Å². The number of benzene rings is 2. The summed E-state index contributed by atoms with van der Waals surface area (Å²) in [7, 11) is 0. The standard InChI is InChI=1S/C25H23NO5/c1-15-7-8-18(13-16(15)2)22(27)14-31-25(30)17-9-11-19(12-10-17)26-23(28)20-5-3-4-6-21(20)24(26)29/h3-4,7-13,20-21H,5-6,14H2,1-2H3/t20-,21+. The van der Waals surface area contributed by atoms with E-state index in [0.29, 0.717) is 24.1 Å². The van der Waals surface area contributed by atoms with Crippen LogP contribution in [0.5, 0.6) is 0 Å². The highest BCUT2D eigenvalue weighted by molar-refractivity contribution is 6.22. The van der Waals surface area contributed by atoms with Crippen molar-refractivity contribution in [1.29, 1.82) is 0 Å². The van der Waals surface area contributed by atoms with Crippen LogP contribution in [0, 0.1) is 25.7 Å². The molecule has 0 aromatic heterocycles. The molecule has 1 heterocycles. The molecule has 6 nitrogen and oxygen atoms in total. The number of Topliss-reactive ketones (excluding diaryl/α,β-unsaturated/α-hetero) is 1. The van der Waals surface area contributed by atoms with Gasteiger partial charge in [0.2, 0.25) is 11.8 Å². The number of imide groups is 1. The molecule has 0 saturated carbocycles. The SMILES string of the molecule is Cc1ccc(C(=O)COC(=O)c2ccc(N3C(=O)[C@H]4CC=CC[C@H]4C3=O)cc2)cc1C. The fourth-order valence-corrected chi connectivity index (χ4v) is 4.01. The van der Waals surface area contributed by atoms with Crippen LogP contribution in [-0.2, 0) is 14.3 Å². The lowest BCUT2D eigenvalue weighted by Gasteiger charge is -2.15. The van der Waals surface area contributed by atoms with Gasteiger partial charge in [-0.25, -0.2) is 4.79 Å². The summed E-state index contributed by atoms with van der Waals surface area (Å²) in [6, 6.07) is 11.5. The minimum absolute atomic E-state index is 0.200. The highest BCUT2D eigenvalue weighted by Gasteiger charge is 2.47. The predicted octanol–water partition coefficient (Wildman–Crippen LogP) is 3.80. The van der Waals surface area contributed by atoms with Crippen molar-refractivity contribution >= 4 is 29.3 Å². The normalized spacial score (nSPS) is 20.0. The summed E-state index contributed by atoms with van der Waals surface area (Å²) in [5.74, 6) is -1.93. The van der Waals surface area contributed by atoms with Gasteiger partial charge in [0.25, 0.3) is 0 Å². The van der Waals surface area contributed by atoms with Gasteiger partial charge in [-0.15, -0.1) is 0 Å². The maximum Gasteiger partial charge on any atom is 0.338 e. The molecule has 2 amide bonds. The lowest BCUT2D eigenvalue weighted by atomic mass is 9.85. The molecular formula is C25H23NO5. The zero-order valence-electron chi connectivity index (χ0n) is 17.5. The number of esters is 1. The van der Waals surface area contributed by atoms with Crippen molar-refractivity contribution in [3.63, 3.8) is 0 Å². The number of ketones is 1. The van der Waals surface area contributed by atoms with Gasteiger partial charge in [0.15, 0.2) is 12.4 Å². The number of nitrogens with zero attached hydrogens (tertiary/aromatic N) is 1. The maximum absolute atomic E-state index is 12.7. The van der Waals surface area contributed by atoms with Crippen LogP contribution in [0.4, 0.5) is 5.69 Å². The van der Waals surface area contributed by atoms with E-state index >= 15 is 0 Å². The molecule has 2 atom stereocenters. The second-order valence-corrected chi connectivity index (χ2v) is 8.01. The van der Waals surface area contributed by atoms with Crippen LogP contribution in [0.15, 0.2) is 54.6 Å². The molecule has 6 heteroatoms. The quantitative estimate of drug-likeness (QED) is 0.320. The van der Waals surface area contributed by atoms with Crippen molar-refractivity contribution < 1.29 is 23.9 Å². The van der Waals surface area contributed by atoms with Gasteiger partial charge in [0.05, 0.1) is 23.1 Å². The first-order valence-electron chi connectivity index (χ1n) is 10.3. The van der Waals surface area contributed by atoms with E-state index in [4.69, 9.17) is 4.74 Å². The third-order valence-corrected chi connectivity index (χ3v) is 6.03. The van der Waals surface area contributed by atoms with E-state index in [9.17, 15) is 19.2 Å². The molecule has 158 valence electrons. The fourth-order valence-electron chi connectivity index (χ4n) is 4.01. The number of allylic oxidation sites excluding steroid dienone is 2. The Bertz CT molecular complexity index is 1070. The smallest absolute Gasteiger partial charge is 0.338 e. The molecule has 0 radical (unpaired) electrons. The molecule has 1 aliphatic carbocycles. The van der Waals surface area contributed by atoms with Crippen LogP contribution in [0.2, 0.25) is 0 Å². The third kappa shape index (κ3) is 3.93. The number of hydrogen-bond donors (Lipinski definition) is 0. The van der Waals surface area contributed by atoms with Gasteiger partial charge in [-0.05, 0) is 68.1 Å². The first-order valence-corrected chi connectivity index (χ1v) is 10.3. The van der Waals surface area contributed by atoms with E-state index in [-0.39, 0.29) is 41.6 Å². The molecule has 0 bridgehead atoms. The number of hydrogen-bond acceptors (Lipinski definition) is 5. The van der Waals surface area contributed by atoms with E-state index < -0.39 is 5.97 Å². The summed E-state index contributed by atoms with van der Waals surface area (Å²) in [5, 5.41) is 0. The Morgan fingerprint density at radius 3 is 2.03 bits per heavy atom. The van der Waals surface area contributed by atoms with Crippen LogP contribution in [0.3, 0.4) is 0 Å². The van der Waals surface area contributed by atoms with E-state index in [1.165, 1.54) is 17.0 Å². The highest BCUT2D eigenvalue weighted by atomic mass is 16.5. The number of ether oxygens (including phenoxy) is 1. The summed E-state index contributed by atoms with van der Waals surface area (Å²) >= 11 is 0. The van der Waals surface area contributed by atoms with Crippen molar-refractivity contribution in [3.05, 3.63) is 76.9 Å². The number of carbonyl (C=O) groups excluding carboxylic acids is 4. The van der Waals surface area contributed by atoms with Crippen LogP contribution in [0.1, 0.15) is 44.7 Å². The highest BCUT2D eigenvalue weighted by Crippen LogP contribution is 2.37. The Morgan fingerprint density at radius 1 is 0.871 bits per heavy atom.